The summed E-state index contributed by atoms with van der Waals surface area (Å²) in [7, 11) is 0. The van der Waals surface area contributed by atoms with Crippen molar-refractivity contribution < 1.29 is 19.1 Å². The molecule has 1 amide bonds. The lowest BCUT2D eigenvalue weighted by Gasteiger charge is -2.19. The van der Waals surface area contributed by atoms with E-state index in [-0.39, 0.29) is 18.5 Å². The number of ether oxygens (including phenoxy) is 2. The van der Waals surface area contributed by atoms with Gasteiger partial charge in [0.05, 0.1) is 13.2 Å². The molecule has 1 aliphatic rings. The fraction of sp³-hybridized carbons (Fsp3) is 0.846. The maximum absolute atomic E-state index is 11.7. The van der Waals surface area contributed by atoms with Crippen LogP contribution in [0.5, 0.6) is 0 Å². The van der Waals surface area contributed by atoms with Gasteiger partial charge in [-0.25, -0.2) is 4.79 Å². The second-order valence-electron chi connectivity index (χ2n) is 4.58. The number of likely N-dealkylation sites (tertiary alicyclic amines) is 1. The molecule has 0 N–H and O–H groups in total. The minimum atomic E-state index is -0.243. The number of Topliss-reactive ketones (excluding diaryl/α,β-unsaturated/α-hetero) is 1. The molecule has 0 aromatic heterocycles. The van der Waals surface area contributed by atoms with E-state index < -0.39 is 0 Å². The molecule has 0 radical (unpaired) electrons. The smallest absolute Gasteiger partial charge is 0.409 e. The van der Waals surface area contributed by atoms with E-state index in [0.29, 0.717) is 19.6 Å². The highest BCUT2D eigenvalue weighted by Crippen LogP contribution is 2.10. The van der Waals surface area contributed by atoms with Crippen LogP contribution in [0.1, 0.15) is 39.0 Å². The minimum Gasteiger partial charge on any atom is -0.447 e. The third kappa shape index (κ3) is 6.59. The van der Waals surface area contributed by atoms with Crippen LogP contribution in [0.2, 0.25) is 0 Å². The molecule has 1 saturated heterocycles. The molecule has 0 aromatic carbocycles. The Hall–Kier alpha value is -1.10. The molecule has 1 aliphatic heterocycles. The normalized spacial score (nSPS) is 16.2. The highest BCUT2D eigenvalue weighted by molar-refractivity contribution is 5.75. The van der Waals surface area contributed by atoms with Gasteiger partial charge in [-0.2, -0.15) is 0 Å². The maximum Gasteiger partial charge on any atom is 0.409 e. The van der Waals surface area contributed by atoms with Crippen molar-refractivity contribution in [3.8, 4) is 0 Å². The Morgan fingerprint density at radius 3 is 2.28 bits per heavy atom. The van der Waals surface area contributed by atoms with Crippen molar-refractivity contribution in [1.82, 2.24) is 4.90 Å². The Balaban J connectivity index is 2.03. The van der Waals surface area contributed by atoms with Crippen LogP contribution in [0.3, 0.4) is 0 Å². The van der Waals surface area contributed by atoms with E-state index >= 15 is 0 Å². The number of amides is 1. The number of hydrogen-bond acceptors (Lipinski definition) is 4. The van der Waals surface area contributed by atoms with Gasteiger partial charge in [0, 0.05) is 19.5 Å². The first kappa shape index (κ1) is 15.0. The van der Waals surface area contributed by atoms with Crippen molar-refractivity contribution in [1.29, 1.82) is 0 Å². The molecule has 0 aliphatic carbocycles. The first-order valence-corrected chi connectivity index (χ1v) is 6.69. The van der Waals surface area contributed by atoms with E-state index in [4.69, 9.17) is 9.47 Å². The van der Waals surface area contributed by atoms with Crippen LogP contribution in [-0.4, -0.2) is 49.7 Å². The van der Waals surface area contributed by atoms with Crippen molar-refractivity contribution in [2.75, 3.05) is 32.9 Å². The predicted octanol–water partition coefficient (Wildman–Crippen LogP) is 1.99. The predicted molar refractivity (Wildman–Crippen MR) is 67.5 cm³/mol. The minimum absolute atomic E-state index is 0.108. The van der Waals surface area contributed by atoms with Crippen LogP contribution >= 0.6 is 0 Å². The summed E-state index contributed by atoms with van der Waals surface area (Å²) in [5.41, 5.74) is 0. The number of nitrogens with zero attached hydrogens (tertiary/aromatic N) is 1. The summed E-state index contributed by atoms with van der Waals surface area (Å²) in [4.78, 5) is 24.1. The third-order valence-electron chi connectivity index (χ3n) is 2.92. The van der Waals surface area contributed by atoms with Crippen molar-refractivity contribution in [3.63, 3.8) is 0 Å². The summed E-state index contributed by atoms with van der Waals surface area (Å²) in [5, 5.41) is 0. The Morgan fingerprint density at radius 1 is 1.00 bits per heavy atom. The van der Waals surface area contributed by atoms with E-state index in [1.165, 1.54) is 19.8 Å². The lowest BCUT2D eigenvalue weighted by atomic mass is 10.2. The first-order chi connectivity index (χ1) is 8.70. The zero-order chi connectivity index (χ0) is 13.2. The highest BCUT2D eigenvalue weighted by Gasteiger charge is 2.16. The molecule has 1 rings (SSSR count). The van der Waals surface area contributed by atoms with Gasteiger partial charge in [-0.3, -0.25) is 4.79 Å². The van der Waals surface area contributed by atoms with Crippen LogP contribution in [0.25, 0.3) is 0 Å². The second-order valence-corrected chi connectivity index (χ2v) is 4.58. The molecule has 0 aromatic rings. The van der Waals surface area contributed by atoms with Gasteiger partial charge in [0.25, 0.3) is 0 Å². The topological polar surface area (TPSA) is 55.8 Å². The van der Waals surface area contributed by atoms with Crippen LogP contribution in [0.4, 0.5) is 4.79 Å². The Labute approximate surface area is 108 Å². The van der Waals surface area contributed by atoms with Gasteiger partial charge in [0.1, 0.15) is 12.4 Å². The van der Waals surface area contributed by atoms with Crippen LogP contribution in [0.15, 0.2) is 0 Å². The van der Waals surface area contributed by atoms with E-state index in [9.17, 15) is 9.59 Å². The van der Waals surface area contributed by atoms with Crippen LogP contribution in [-0.2, 0) is 14.3 Å². The van der Waals surface area contributed by atoms with Gasteiger partial charge in [0.15, 0.2) is 0 Å². The number of hydrogen-bond donors (Lipinski definition) is 0. The summed E-state index contributed by atoms with van der Waals surface area (Å²) in [6.45, 7) is 4.13. The van der Waals surface area contributed by atoms with E-state index in [0.717, 1.165) is 25.9 Å². The largest absolute Gasteiger partial charge is 0.447 e. The van der Waals surface area contributed by atoms with Gasteiger partial charge in [-0.15, -0.1) is 0 Å². The average Bonchev–Trinajstić information content (AvgIpc) is 2.61. The summed E-state index contributed by atoms with van der Waals surface area (Å²) >= 11 is 0. The Morgan fingerprint density at radius 2 is 1.67 bits per heavy atom. The molecule has 5 heteroatoms. The van der Waals surface area contributed by atoms with Gasteiger partial charge in [0.2, 0.25) is 0 Å². The molecule has 0 saturated carbocycles. The molecule has 0 spiro atoms. The van der Waals surface area contributed by atoms with Crippen LogP contribution < -0.4 is 0 Å². The van der Waals surface area contributed by atoms with E-state index in [2.05, 4.69) is 0 Å². The van der Waals surface area contributed by atoms with Gasteiger partial charge in [-0.05, 0) is 19.8 Å². The molecule has 5 nitrogen and oxygen atoms in total. The first-order valence-electron chi connectivity index (χ1n) is 6.69. The molecule has 104 valence electrons. The molecule has 0 bridgehead atoms. The molecular weight excluding hydrogens is 234 g/mol. The van der Waals surface area contributed by atoms with Gasteiger partial charge < -0.3 is 14.4 Å². The molecule has 18 heavy (non-hydrogen) atoms. The number of carbonyl (C=O) groups excluding carboxylic acids is 2. The maximum atomic E-state index is 11.7. The SMILES string of the molecule is CC(=O)CCOCCOC(=O)N1CCCCCC1. The number of rotatable bonds is 6. The zero-order valence-electron chi connectivity index (χ0n) is 11.2. The zero-order valence-corrected chi connectivity index (χ0v) is 11.2. The van der Waals surface area contributed by atoms with Gasteiger partial charge >= 0.3 is 6.09 Å². The monoisotopic (exact) mass is 257 g/mol. The van der Waals surface area contributed by atoms with E-state index in [1.54, 1.807) is 4.90 Å². The quantitative estimate of drug-likeness (QED) is 0.683. The summed E-state index contributed by atoms with van der Waals surface area (Å²) in [5.74, 6) is 0.108. The molecular formula is C13H23NO4. The number of ketones is 1. The lowest BCUT2D eigenvalue weighted by molar-refractivity contribution is -0.118. The summed E-state index contributed by atoms with van der Waals surface area (Å²) in [6, 6.07) is 0. The molecule has 0 atom stereocenters. The van der Waals surface area contributed by atoms with Crippen molar-refractivity contribution in [2.24, 2.45) is 0 Å². The van der Waals surface area contributed by atoms with Crippen LogP contribution in [0, 0.1) is 0 Å². The molecule has 0 unspecified atom stereocenters. The molecule has 1 heterocycles. The second kappa shape index (κ2) is 8.91. The molecule has 1 fully saturated rings. The van der Waals surface area contributed by atoms with Crippen molar-refractivity contribution >= 4 is 11.9 Å². The lowest BCUT2D eigenvalue weighted by Crippen LogP contribution is -2.33. The third-order valence-corrected chi connectivity index (χ3v) is 2.92. The fourth-order valence-electron chi connectivity index (χ4n) is 1.85. The van der Waals surface area contributed by atoms with E-state index in [1.807, 2.05) is 0 Å². The Kier molecular flexibility index (Phi) is 7.41. The van der Waals surface area contributed by atoms with Gasteiger partial charge in [-0.1, -0.05) is 12.8 Å². The summed E-state index contributed by atoms with van der Waals surface area (Å²) in [6.07, 6.45) is 4.68. The summed E-state index contributed by atoms with van der Waals surface area (Å²) < 4.78 is 10.3. The highest BCUT2D eigenvalue weighted by atomic mass is 16.6. The standard InChI is InChI=1S/C13H23NO4/c1-12(15)6-9-17-10-11-18-13(16)14-7-4-2-3-5-8-14/h2-11H2,1H3. The fourth-order valence-corrected chi connectivity index (χ4v) is 1.85. The van der Waals surface area contributed by atoms with Crippen molar-refractivity contribution in [2.45, 2.75) is 39.0 Å². The van der Waals surface area contributed by atoms with Crippen molar-refractivity contribution in [3.05, 3.63) is 0 Å². The number of carbonyl (C=O) groups is 2. The Bertz CT molecular complexity index is 260. The average molecular weight is 257 g/mol.